The Morgan fingerprint density at radius 2 is 1.74 bits per heavy atom. The van der Waals surface area contributed by atoms with Gasteiger partial charge >= 0.3 is 0 Å². The zero-order chi connectivity index (χ0) is 16.9. The number of likely N-dealkylation sites (tertiary alicyclic amines) is 1. The van der Waals surface area contributed by atoms with Crippen LogP contribution >= 0.6 is 0 Å². The number of sulfone groups is 1. The van der Waals surface area contributed by atoms with Crippen LogP contribution in [0.3, 0.4) is 0 Å². The molecule has 0 aromatic heterocycles. The summed E-state index contributed by atoms with van der Waals surface area (Å²) in [5.41, 5.74) is 1.10. The van der Waals surface area contributed by atoms with E-state index in [2.05, 4.69) is 5.32 Å². The summed E-state index contributed by atoms with van der Waals surface area (Å²) in [5, 5.41) is 2.72. The van der Waals surface area contributed by atoms with Crippen LogP contribution < -0.4 is 5.32 Å². The van der Waals surface area contributed by atoms with Crippen molar-refractivity contribution >= 4 is 21.7 Å². The van der Waals surface area contributed by atoms with Crippen LogP contribution in [0.15, 0.2) is 24.3 Å². The molecule has 1 fully saturated rings. The van der Waals surface area contributed by atoms with Crippen LogP contribution in [-0.2, 0) is 20.4 Å². The molecule has 0 unspecified atom stereocenters. The molecule has 23 heavy (non-hydrogen) atoms. The summed E-state index contributed by atoms with van der Waals surface area (Å²) in [6, 6.07) is 6.45. The largest absolute Gasteiger partial charge is 0.352 e. The van der Waals surface area contributed by atoms with Gasteiger partial charge in [-0.3, -0.25) is 9.59 Å². The van der Waals surface area contributed by atoms with Crippen LogP contribution in [0.2, 0.25) is 0 Å². The van der Waals surface area contributed by atoms with Gasteiger partial charge in [0.05, 0.1) is 5.75 Å². The second-order valence-electron chi connectivity index (χ2n) is 5.86. The van der Waals surface area contributed by atoms with Gasteiger partial charge in [-0.05, 0) is 30.5 Å². The van der Waals surface area contributed by atoms with E-state index < -0.39 is 9.84 Å². The van der Waals surface area contributed by atoms with Crippen molar-refractivity contribution in [2.24, 2.45) is 0 Å². The van der Waals surface area contributed by atoms with Gasteiger partial charge < -0.3 is 10.2 Å². The van der Waals surface area contributed by atoms with E-state index in [1.54, 1.807) is 24.3 Å². The minimum atomic E-state index is -3.08. The summed E-state index contributed by atoms with van der Waals surface area (Å²) < 4.78 is 22.4. The normalized spacial score (nSPS) is 14.7. The Kier molecular flexibility index (Phi) is 5.76. The van der Waals surface area contributed by atoms with E-state index in [-0.39, 0.29) is 17.6 Å². The molecule has 1 heterocycles. The minimum Gasteiger partial charge on any atom is -0.352 e. The van der Waals surface area contributed by atoms with Gasteiger partial charge in [-0.15, -0.1) is 0 Å². The molecule has 0 bridgehead atoms. The zero-order valence-corrected chi connectivity index (χ0v) is 14.1. The maximum atomic E-state index is 12.0. The first-order valence-corrected chi connectivity index (χ1v) is 9.74. The average Bonchev–Trinajstić information content (AvgIpc) is 3.00. The van der Waals surface area contributed by atoms with Gasteiger partial charge in [-0.1, -0.05) is 12.1 Å². The van der Waals surface area contributed by atoms with Crippen LogP contribution in [0.4, 0.5) is 0 Å². The predicted molar refractivity (Wildman–Crippen MR) is 87.8 cm³/mol. The molecular formula is C16H22N2O4S. The molecular weight excluding hydrogens is 316 g/mol. The van der Waals surface area contributed by atoms with Crippen molar-refractivity contribution in [3.8, 4) is 0 Å². The Hall–Kier alpha value is -1.89. The molecule has 2 amide bonds. The lowest BCUT2D eigenvalue weighted by Gasteiger charge is -2.15. The number of nitrogens with zero attached hydrogens (tertiary/aromatic N) is 1. The first kappa shape index (κ1) is 17.5. The van der Waals surface area contributed by atoms with Crippen LogP contribution in [-0.4, -0.2) is 51.0 Å². The molecule has 6 nitrogen and oxygen atoms in total. The van der Waals surface area contributed by atoms with E-state index in [4.69, 9.17) is 0 Å². The molecule has 7 heteroatoms. The van der Waals surface area contributed by atoms with Crippen molar-refractivity contribution in [2.45, 2.75) is 25.0 Å². The number of rotatable bonds is 6. The number of hydrogen-bond donors (Lipinski definition) is 1. The Morgan fingerprint density at radius 1 is 1.13 bits per heavy atom. The fraction of sp³-hybridized carbons (Fsp3) is 0.500. The fourth-order valence-corrected chi connectivity index (χ4v) is 3.36. The topological polar surface area (TPSA) is 83.5 Å². The standard InChI is InChI=1S/C16H22N2O4S/c1-23(21,22)12-13-4-6-14(7-5-13)16(20)17-9-8-15(19)18-10-2-3-11-18/h4-7H,2-3,8-12H2,1H3,(H,17,20). The highest BCUT2D eigenvalue weighted by atomic mass is 32.2. The third-order valence-electron chi connectivity index (χ3n) is 3.73. The third kappa shape index (κ3) is 5.67. The fourth-order valence-electron chi connectivity index (χ4n) is 2.56. The van der Waals surface area contributed by atoms with Gasteiger partial charge in [0, 0.05) is 37.9 Å². The number of benzene rings is 1. The Balaban J connectivity index is 1.80. The molecule has 0 saturated carbocycles. The van der Waals surface area contributed by atoms with Crippen molar-refractivity contribution in [1.29, 1.82) is 0 Å². The van der Waals surface area contributed by atoms with Crippen LogP contribution in [0.25, 0.3) is 0 Å². The van der Waals surface area contributed by atoms with Gasteiger partial charge in [0.25, 0.3) is 5.91 Å². The molecule has 1 N–H and O–H groups in total. The number of amides is 2. The van der Waals surface area contributed by atoms with Gasteiger partial charge in [0.1, 0.15) is 0 Å². The van der Waals surface area contributed by atoms with Gasteiger partial charge in [0.2, 0.25) is 5.91 Å². The van der Waals surface area contributed by atoms with Crippen molar-refractivity contribution in [3.63, 3.8) is 0 Å². The maximum Gasteiger partial charge on any atom is 0.251 e. The van der Waals surface area contributed by atoms with Crippen LogP contribution in [0.5, 0.6) is 0 Å². The molecule has 1 aliphatic rings. The smallest absolute Gasteiger partial charge is 0.251 e. The van der Waals surface area contributed by atoms with Crippen molar-refractivity contribution in [3.05, 3.63) is 35.4 Å². The first-order valence-electron chi connectivity index (χ1n) is 7.68. The van der Waals surface area contributed by atoms with E-state index >= 15 is 0 Å². The van der Waals surface area contributed by atoms with Crippen molar-refractivity contribution in [1.82, 2.24) is 10.2 Å². The predicted octanol–water partition coefficient (Wildman–Crippen LogP) is 0.973. The summed E-state index contributed by atoms with van der Waals surface area (Å²) in [6.45, 7) is 1.93. The van der Waals surface area contributed by atoms with E-state index in [0.29, 0.717) is 24.1 Å². The van der Waals surface area contributed by atoms with E-state index in [1.165, 1.54) is 6.26 Å². The van der Waals surface area contributed by atoms with Gasteiger partial charge in [0.15, 0.2) is 9.84 Å². The summed E-state index contributed by atoms with van der Waals surface area (Å²) >= 11 is 0. The molecule has 2 rings (SSSR count). The molecule has 1 aromatic carbocycles. The van der Waals surface area contributed by atoms with Crippen LogP contribution in [0.1, 0.15) is 35.2 Å². The summed E-state index contributed by atoms with van der Waals surface area (Å²) in [4.78, 5) is 25.7. The highest BCUT2D eigenvalue weighted by Crippen LogP contribution is 2.09. The first-order chi connectivity index (χ1) is 10.8. The molecule has 0 aliphatic carbocycles. The van der Waals surface area contributed by atoms with Gasteiger partial charge in [-0.25, -0.2) is 8.42 Å². The van der Waals surface area contributed by atoms with Crippen molar-refractivity contribution in [2.75, 3.05) is 25.9 Å². The second-order valence-corrected chi connectivity index (χ2v) is 8.00. The quantitative estimate of drug-likeness (QED) is 0.838. The number of nitrogens with one attached hydrogen (secondary N) is 1. The van der Waals surface area contributed by atoms with E-state index in [9.17, 15) is 18.0 Å². The monoisotopic (exact) mass is 338 g/mol. The second kappa shape index (κ2) is 7.59. The number of hydrogen-bond acceptors (Lipinski definition) is 4. The summed E-state index contributed by atoms with van der Waals surface area (Å²) in [5.74, 6) is -0.226. The summed E-state index contributed by atoms with van der Waals surface area (Å²) in [6.07, 6.45) is 3.58. The Morgan fingerprint density at radius 3 is 2.30 bits per heavy atom. The molecule has 126 valence electrons. The summed E-state index contributed by atoms with van der Waals surface area (Å²) in [7, 11) is -3.08. The number of carbonyl (C=O) groups is 2. The molecule has 1 aliphatic heterocycles. The minimum absolute atomic E-state index is 0.0424. The lowest BCUT2D eigenvalue weighted by atomic mass is 10.1. The SMILES string of the molecule is CS(=O)(=O)Cc1ccc(C(=O)NCCC(=O)N2CCCC2)cc1. The molecule has 0 spiro atoms. The molecule has 1 aromatic rings. The Bertz CT molecular complexity index is 662. The van der Waals surface area contributed by atoms with Gasteiger partial charge in [-0.2, -0.15) is 0 Å². The lowest BCUT2D eigenvalue weighted by Crippen LogP contribution is -2.32. The van der Waals surface area contributed by atoms with Crippen molar-refractivity contribution < 1.29 is 18.0 Å². The maximum absolute atomic E-state index is 12.0. The zero-order valence-electron chi connectivity index (χ0n) is 13.2. The molecule has 0 radical (unpaired) electrons. The highest BCUT2D eigenvalue weighted by molar-refractivity contribution is 7.89. The molecule has 1 saturated heterocycles. The highest BCUT2D eigenvalue weighted by Gasteiger charge is 2.17. The lowest BCUT2D eigenvalue weighted by molar-refractivity contribution is -0.129. The Labute approximate surface area is 136 Å². The van der Waals surface area contributed by atoms with E-state index in [0.717, 1.165) is 25.9 Å². The third-order valence-corrected chi connectivity index (χ3v) is 4.59. The van der Waals surface area contributed by atoms with E-state index in [1.807, 2.05) is 4.90 Å². The molecule has 0 atom stereocenters. The van der Waals surface area contributed by atoms with Crippen LogP contribution in [0, 0.1) is 0 Å². The number of carbonyl (C=O) groups excluding carboxylic acids is 2. The average molecular weight is 338 g/mol.